The van der Waals surface area contributed by atoms with Crippen molar-refractivity contribution in [3.8, 4) is 0 Å². The molecule has 0 aromatic heterocycles. The molecule has 0 aliphatic rings. The lowest BCUT2D eigenvalue weighted by atomic mass is 10.2. The molecule has 0 N–H and O–H groups in total. The average Bonchev–Trinajstić information content (AvgIpc) is 2.15. The number of nitrogens with zero attached hydrogens (tertiary/aromatic N) is 2. The van der Waals surface area contributed by atoms with Gasteiger partial charge in [-0.2, -0.15) is 0 Å². The van der Waals surface area contributed by atoms with E-state index in [-0.39, 0.29) is 0 Å². The topological polar surface area (TPSA) is 24.7 Å². The average molecular weight is 174 g/mol. The summed E-state index contributed by atoms with van der Waals surface area (Å²) in [4.78, 5) is 8.46. The number of aliphatic imine (C=N–C) groups is 2. The molecule has 0 aliphatic heterocycles. The SMILES string of the molecule is C/N=C(\N=C(C)C)c1ccccc1. The Bertz CT molecular complexity index is 319. The third kappa shape index (κ3) is 2.82. The van der Waals surface area contributed by atoms with Gasteiger partial charge in [-0.25, -0.2) is 4.99 Å². The van der Waals surface area contributed by atoms with Crippen LogP contribution in [0.5, 0.6) is 0 Å². The minimum Gasteiger partial charge on any atom is -0.270 e. The van der Waals surface area contributed by atoms with Crippen LogP contribution in [0.4, 0.5) is 0 Å². The van der Waals surface area contributed by atoms with Crippen LogP contribution in [0.2, 0.25) is 0 Å². The van der Waals surface area contributed by atoms with Gasteiger partial charge in [-0.3, -0.25) is 4.99 Å². The van der Waals surface area contributed by atoms with Gasteiger partial charge in [0.15, 0.2) is 5.84 Å². The molecule has 0 atom stereocenters. The highest BCUT2D eigenvalue weighted by atomic mass is 14.9. The molecule has 68 valence electrons. The normalized spacial score (nSPS) is 11.2. The highest BCUT2D eigenvalue weighted by Crippen LogP contribution is 2.02. The lowest BCUT2D eigenvalue weighted by Gasteiger charge is -1.99. The Morgan fingerprint density at radius 3 is 2.15 bits per heavy atom. The van der Waals surface area contributed by atoms with E-state index in [0.717, 1.165) is 17.1 Å². The number of hydrogen-bond donors (Lipinski definition) is 0. The van der Waals surface area contributed by atoms with Crippen molar-refractivity contribution in [2.75, 3.05) is 7.05 Å². The Kier molecular flexibility index (Phi) is 3.38. The number of amidine groups is 1. The maximum Gasteiger partial charge on any atom is 0.154 e. The molecule has 0 amide bonds. The van der Waals surface area contributed by atoms with Crippen molar-refractivity contribution < 1.29 is 0 Å². The summed E-state index contributed by atoms with van der Waals surface area (Å²) < 4.78 is 0. The van der Waals surface area contributed by atoms with E-state index in [1.807, 2.05) is 44.2 Å². The Hall–Kier alpha value is -1.44. The van der Waals surface area contributed by atoms with Gasteiger partial charge in [-0.05, 0) is 13.8 Å². The van der Waals surface area contributed by atoms with E-state index in [1.54, 1.807) is 7.05 Å². The number of hydrogen-bond acceptors (Lipinski definition) is 1. The van der Waals surface area contributed by atoms with Gasteiger partial charge in [0.25, 0.3) is 0 Å². The lowest BCUT2D eigenvalue weighted by molar-refractivity contribution is 1.38. The summed E-state index contributed by atoms with van der Waals surface area (Å²) in [6, 6.07) is 9.98. The fraction of sp³-hybridized carbons (Fsp3) is 0.273. The zero-order chi connectivity index (χ0) is 9.68. The molecule has 0 saturated carbocycles. The van der Waals surface area contributed by atoms with Crippen molar-refractivity contribution in [1.82, 2.24) is 0 Å². The molecule has 0 saturated heterocycles. The van der Waals surface area contributed by atoms with E-state index in [4.69, 9.17) is 0 Å². The number of benzene rings is 1. The second-order valence-electron chi connectivity index (χ2n) is 2.97. The van der Waals surface area contributed by atoms with Gasteiger partial charge < -0.3 is 0 Å². The molecular formula is C11H14N2. The molecule has 0 heterocycles. The first kappa shape index (κ1) is 9.65. The minimum absolute atomic E-state index is 0.792. The monoisotopic (exact) mass is 174 g/mol. The van der Waals surface area contributed by atoms with Gasteiger partial charge in [-0.15, -0.1) is 0 Å². The standard InChI is InChI=1S/C11H14N2/c1-9(2)13-11(12-3)10-7-5-4-6-8-10/h4-8H,1-3H3/b12-11-. The van der Waals surface area contributed by atoms with Crippen molar-refractivity contribution in [3.05, 3.63) is 35.9 Å². The molecule has 13 heavy (non-hydrogen) atoms. The van der Waals surface area contributed by atoms with E-state index >= 15 is 0 Å². The second-order valence-corrected chi connectivity index (χ2v) is 2.97. The van der Waals surface area contributed by atoms with E-state index < -0.39 is 0 Å². The Morgan fingerprint density at radius 2 is 1.69 bits per heavy atom. The summed E-state index contributed by atoms with van der Waals surface area (Å²) in [5.41, 5.74) is 2.08. The van der Waals surface area contributed by atoms with Gasteiger partial charge in [-0.1, -0.05) is 30.3 Å². The quantitative estimate of drug-likeness (QED) is 0.461. The Balaban J connectivity index is 3.00. The summed E-state index contributed by atoms with van der Waals surface area (Å²) in [6.45, 7) is 3.93. The first-order valence-electron chi connectivity index (χ1n) is 4.28. The van der Waals surface area contributed by atoms with E-state index in [9.17, 15) is 0 Å². The lowest BCUT2D eigenvalue weighted by Crippen LogP contribution is -1.99. The first-order chi connectivity index (χ1) is 6.24. The Morgan fingerprint density at radius 1 is 1.08 bits per heavy atom. The minimum atomic E-state index is 0.792. The highest BCUT2D eigenvalue weighted by molar-refractivity contribution is 6.05. The van der Waals surface area contributed by atoms with Gasteiger partial charge in [0.05, 0.1) is 0 Å². The summed E-state index contributed by atoms with van der Waals surface area (Å²) in [7, 11) is 1.76. The van der Waals surface area contributed by atoms with Crippen LogP contribution < -0.4 is 0 Å². The molecule has 0 spiro atoms. The smallest absolute Gasteiger partial charge is 0.154 e. The molecule has 0 aliphatic carbocycles. The predicted octanol–water partition coefficient (Wildman–Crippen LogP) is 2.54. The molecular weight excluding hydrogens is 160 g/mol. The molecule has 2 heteroatoms. The first-order valence-corrected chi connectivity index (χ1v) is 4.28. The fourth-order valence-electron chi connectivity index (χ4n) is 1.04. The van der Waals surface area contributed by atoms with E-state index in [0.29, 0.717) is 0 Å². The summed E-state index contributed by atoms with van der Waals surface area (Å²) in [5, 5.41) is 0. The third-order valence-electron chi connectivity index (χ3n) is 1.57. The zero-order valence-electron chi connectivity index (χ0n) is 8.28. The van der Waals surface area contributed by atoms with Crippen LogP contribution >= 0.6 is 0 Å². The van der Waals surface area contributed by atoms with Gasteiger partial charge in [0.1, 0.15) is 0 Å². The molecule has 0 bridgehead atoms. The van der Waals surface area contributed by atoms with Gasteiger partial charge in [0, 0.05) is 18.3 Å². The van der Waals surface area contributed by atoms with Crippen molar-refractivity contribution in [1.29, 1.82) is 0 Å². The van der Waals surface area contributed by atoms with Gasteiger partial charge in [0.2, 0.25) is 0 Å². The van der Waals surface area contributed by atoms with Gasteiger partial charge >= 0.3 is 0 Å². The second kappa shape index (κ2) is 4.55. The molecule has 0 fully saturated rings. The maximum atomic E-state index is 4.33. The van der Waals surface area contributed by atoms with Crippen molar-refractivity contribution in [2.24, 2.45) is 9.98 Å². The predicted molar refractivity (Wildman–Crippen MR) is 57.7 cm³/mol. The van der Waals surface area contributed by atoms with Crippen LogP contribution in [-0.2, 0) is 0 Å². The van der Waals surface area contributed by atoms with Crippen molar-refractivity contribution >= 4 is 11.5 Å². The molecule has 1 rings (SSSR count). The fourth-order valence-corrected chi connectivity index (χ4v) is 1.04. The largest absolute Gasteiger partial charge is 0.270 e. The summed E-state index contributed by atoms with van der Waals surface area (Å²) in [6.07, 6.45) is 0. The van der Waals surface area contributed by atoms with E-state index in [1.165, 1.54) is 0 Å². The Labute approximate surface area is 79.0 Å². The van der Waals surface area contributed by atoms with Crippen LogP contribution in [0, 0.1) is 0 Å². The highest BCUT2D eigenvalue weighted by Gasteiger charge is 1.97. The van der Waals surface area contributed by atoms with Crippen LogP contribution in [0.25, 0.3) is 0 Å². The molecule has 0 radical (unpaired) electrons. The summed E-state index contributed by atoms with van der Waals surface area (Å²) in [5.74, 6) is 0.792. The van der Waals surface area contributed by atoms with Crippen molar-refractivity contribution in [3.63, 3.8) is 0 Å². The summed E-state index contributed by atoms with van der Waals surface area (Å²) >= 11 is 0. The van der Waals surface area contributed by atoms with Crippen LogP contribution in [0.15, 0.2) is 40.3 Å². The van der Waals surface area contributed by atoms with Crippen LogP contribution in [0.1, 0.15) is 19.4 Å². The molecule has 2 nitrogen and oxygen atoms in total. The van der Waals surface area contributed by atoms with Crippen LogP contribution in [-0.4, -0.2) is 18.6 Å². The van der Waals surface area contributed by atoms with E-state index in [2.05, 4.69) is 9.98 Å². The molecule has 1 aromatic carbocycles. The zero-order valence-corrected chi connectivity index (χ0v) is 8.28. The number of rotatable bonds is 1. The third-order valence-corrected chi connectivity index (χ3v) is 1.57. The molecule has 1 aromatic rings. The van der Waals surface area contributed by atoms with Crippen LogP contribution in [0.3, 0.4) is 0 Å². The maximum absolute atomic E-state index is 4.33. The molecule has 0 unspecified atom stereocenters. The van der Waals surface area contributed by atoms with Crippen molar-refractivity contribution in [2.45, 2.75) is 13.8 Å².